The molecule has 1 aliphatic rings. The van der Waals surface area contributed by atoms with Gasteiger partial charge in [0.25, 0.3) is 0 Å². The van der Waals surface area contributed by atoms with Crippen LogP contribution in [0.3, 0.4) is 0 Å². The number of carboxylic acids is 1. The number of ether oxygens (including phenoxy) is 1. The minimum absolute atomic E-state index is 0.0128. The van der Waals surface area contributed by atoms with Crippen LogP contribution in [0.4, 0.5) is 0 Å². The number of aromatic nitrogens is 2. The van der Waals surface area contributed by atoms with Crippen molar-refractivity contribution in [2.24, 2.45) is 0 Å². The summed E-state index contributed by atoms with van der Waals surface area (Å²) in [5, 5.41) is 13.8. The lowest BCUT2D eigenvalue weighted by atomic mass is 10.2. The van der Waals surface area contributed by atoms with Gasteiger partial charge in [-0.05, 0) is 13.8 Å². The molecule has 0 spiro atoms. The van der Waals surface area contributed by atoms with Crippen LogP contribution in [0.25, 0.3) is 0 Å². The van der Waals surface area contributed by atoms with Crippen molar-refractivity contribution >= 4 is 23.5 Å². The highest BCUT2D eigenvalue weighted by molar-refractivity contribution is 6.31. The molecule has 1 aromatic rings. The molecule has 1 aromatic heterocycles. The molecule has 8 heteroatoms. The summed E-state index contributed by atoms with van der Waals surface area (Å²) < 4.78 is 6.60. The molecule has 0 saturated carbocycles. The van der Waals surface area contributed by atoms with Crippen LogP contribution in [0.2, 0.25) is 5.02 Å². The van der Waals surface area contributed by atoms with Crippen LogP contribution in [0.5, 0.6) is 0 Å². The van der Waals surface area contributed by atoms with Gasteiger partial charge in [-0.15, -0.1) is 0 Å². The van der Waals surface area contributed by atoms with E-state index in [-0.39, 0.29) is 25.6 Å². The molecule has 1 N–H and O–H groups in total. The summed E-state index contributed by atoms with van der Waals surface area (Å²) in [4.78, 5) is 24.7. The predicted octanol–water partition coefficient (Wildman–Crippen LogP) is 0.465. The van der Waals surface area contributed by atoms with Gasteiger partial charge in [0.15, 0.2) is 6.04 Å². The number of nitrogens with zero attached hydrogens (tertiary/aromatic N) is 3. The van der Waals surface area contributed by atoms with E-state index < -0.39 is 12.0 Å². The fraction of sp³-hybridized carbons (Fsp3) is 0.583. The predicted molar refractivity (Wildman–Crippen MR) is 70.7 cm³/mol. The number of rotatable bonds is 3. The maximum atomic E-state index is 12.3. The first-order chi connectivity index (χ1) is 9.41. The highest BCUT2D eigenvalue weighted by Gasteiger charge is 2.33. The molecule has 2 rings (SSSR count). The van der Waals surface area contributed by atoms with E-state index in [1.54, 1.807) is 13.8 Å². The summed E-state index contributed by atoms with van der Waals surface area (Å²) >= 11 is 6.02. The van der Waals surface area contributed by atoms with Crippen LogP contribution in [0.15, 0.2) is 0 Å². The molecule has 2 heterocycles. The lowest BCUT2D eigenvalue weighted by molar-refractivity contribution is -0.158. The molecule has 0 aromatic carbocycles. The average molecular weight is 302 g/mol. The number of halogens is 1. The van der Waals surface area contributed by atoms with Crippen LogP contribution in [0.1, 0.15) is 11.4 Å². The van der Waals surface area contributed by atoms with Crippen LogP contribution in [-0.4, -0.2) is 57.5 Å². The monoisotopic (exact) mass is 301 g/mol. The molecule has 0 aliphatic carbocycles. The number of amides is 1. The summed E-state index contributed by atoms with van der Waals surface area (Å²) in [6, 6.07) is -0.941. The Labute approximate surface area is 121 Å². The zero-order valence-electron chi connectivity index (χ0n) is 11.3. The van der Waals surface area contributed by atoms with Crippen molar-refractivity contribution in [2.45, 2.75) is 26.4 Å². The van der Waals surface area contributed by atoms with Crippen molar-refractivity contribution in [3.63, 3.8) is 0 Å². The van der Waals surface area contributed by atoms with E-state index in [0.29, 0.717) is 23.0 Å². The van der Waals surface area contributed by atoms with Gasteiger partial charge in [0, 0.05) is 6.54 Å². The Morgan fingerprint density at radius 1 is 1.50 bits per heavy atom. The summed E-state index contributed by atoms with van der Waals surface area (Å²) in [6.45, 7) is 4.12. The van der Waals surface area contributed by atoms with E-state index in [1.807, 2.05) is 0 Å². The second-order valence-corrected chi connectivity index (χ2v) is 5.04. The van der Waals surface area contributed by atoms with Crippen molar-refractivity contribution < 1.29 is 19.4 Å². The number of hydrogen-bond acceptors (Lipinski definition) is 4. The Morgan fingerprint density at radius 2 is 2.20 bits per heavy atom. The summed E-state index contributed by atoms with van der Waals surface area (Å²) in [6.07, 6.45) is 0. The quantitative estimate of drug-likeness (QED) is 0.877. The van der Waals surface area contributed by atoms with Gasteiger partial charge in [-0.1, -0.05) is 11.6 Å². The van der Waals surface area contributed by atoms with E-state index in [2.05, 4.69) is 5.10 Å². The first-order valence-electron chi connectivity index (χ1n) is 6.21. The number of carbonyl (C=O) groups is 2. The van der Waals surface area contributed by atoms with E-state index >= 15 is 0 Å². The molecule has 0 unspecified atom stereocenters. The SMILES string of the molecule is Cc1nn(CC(=O)N2CCOC[C@@H]2C(=O)O)c(C)c1Cl. The topological polar surface area (TPSA) is 84.7 Å². The number of carboxylic acid groups (broad SMARTS) is 1. The van der Waals surface area contributed by atoms with E-state index in [0.717, 1.165) is 0 Å². The van der Waals surface area contributed by atoms with Crippen LogP contribution in [-0.2, 0) is 20.9 Å². The summed E-state index contributed by atoms with van der Waals surface area (Å²) in [5.41, 5.74) is 1.34. The number of hydrogen-bond donors (Lipinski definition) is 1. The molecule has 20 heavy (non-hydrogen) atoms. The minimum Gasteiger partial charge on any atom is -0.480 e. The van der Waals surface area contributed by atoms with Crippen molar-refractivity contribution in [2.75, 3.05) is 19.8 Å². The average Bonchev–Trinajstić information content (AvgIpc) is 2.66. The molecular formula is C12H16ClN3O4. The van der Waals surface area contributed by atoms with Gasteiger partial charge in [-0.2, -0.15) is 5.10 Å². The Balaban J connectivity index is 2.14. The minimum atomic E-state index is -1.07. The Morgan fingerprint density at radius 3 is 2.75 bits per heavy atom. The Bertz CT molecular complexity index is 543. The smallest absolute Gasteiger partial charge is 0.328 e. The third kappa shape index (κ3) is 2.78. The van der Waals surface area contributed by atoms with Crippen molar-refractivity contribution in [3.8, 4) is 0 Å². The zero-order chi connectivity index (χ0) is 14.9. The molecule has 1 aliphatic heterocycles. The molecule has 110 valence electrons. The van der Waals surface area contributed by atoms with Gasteiger partial charge in [-0.25, -0.2) is 4.79 Å². The van der Waals surface area contributed by atoms with Gasteiger partial charge in [0.2, 0.25) is 5.91 Å². The maximum absolute atomic E-state index is 12.3. The Kier molecular flexibility index (Phi) is 4.29. The van der Waals surface area contributed by atoms with Crippen LogP contribution >= 0.6 is 11.6 Å². The van der Waals surface area contributed by atoms with Gasteiger partial charge >= 0.3 is 5.97 Å². The van der Waals surface area contributed by atoms with Crippen molar-refractivity contribution in [1.29, 1.82) is 0 Å². The highest BCUT2D eigenvalue weighted by Crippen LogP contribution is 2.19. The maximum Gasteiger partial charge on any atom is 0.328 e. The molecule has 0 bridgehead atoms. The molecule has 1 atom stereocenters. The normalized spacial score (nSPS) is 19.1. The van der Waals surface area contributed by atoms with E-state index in [9.17, 15) is 9.59 Å². The molecule has 1 saturated heterocycles. The number of morpholine rings is 1. The second kappa shape index (κ2) is 5.80. The summed E-state index contributed by atoms with van der Waals surface area (Å²) in [5.74, 6) is -1.37. The largest absolute Gasteiger partial charge is 0.480 e. The standard InChI is InChI=1S/C12H16ClN3O4/c1-7-11(13)8(2)16(14-7)5-10(17)15-3-4-20-6-9(15)12(18)19/h9H,3-6H2,1-2H3,(H,18,19)/t9-/m1/s1. The third-order valence-electron chi connectivity index (χ3n) is 3.31. The van der Waals surface area contributed by atoms with Gasteiger partial charge in [0.05, 0.1) is 29.6 Å². The number of aryl methyl sites for hydroxylation is 1. The van der Waals surface area contributed by atoms with Crippen molar-refractivity contribution in [1.82, 2.24) is 14.7 Å². The first kappa shape index (κ1) is 14.8. The molecule has 0 radical (unpaired) electrons. The molecule has 7 nitrogen and oxygen atoms in total. The van der Waals surface area contributed by atoms with Crippen molar-refractivity contribution in [3.05, 3.63) is 16.4 Å². The number of aliphatic carboxylic acids is 1. The highest BCUT2D eigenvalue weighted by atomic mass is 35.5. The molecule has 1 fully saturated rings. The second-order valence-electron chi connectivity index (χ2n) is 4.66. The molecule has 1 amide bonds. The summed E-state index contributed by atoms with van der Waals surface area (Å²) in [7, 11) is 0. The first-order valence-corrected chi connectivity index (χ1v) is 6.59. The fourth-order valence-corrected chi connectivity index (χ4v) is 2.29. The number of carbonyl (C=O) groups excluding carboxylic acids is 1. The molecular weight excluding hydrogens is 286 g/mol. The third-order valence-corrected chi connectivity index (χ3v) is 3.86. The lowest BCUT2D eigenvalue weighted by Crippen LogP contribution is -2.53. The van der Waals surface area contributed by atoms with E-state index in [1.165, 1.54) is 9.58 Å². The van der Waals surface area contributed by atoms with Crippen LogP contribution in [0, 0.1) is 13.8 Å². The van der Waals surface area contributed by atoms with E-state index in [4.69, 9.17) is 21.4 Å². The van der Waals surface area contributed by atoms with Gasteiger partial charge in [0.1, 0.15) is 6.54 Å². The fourth-order valence-electron chi connectivity index (χ4n) is 2.15. The van der Waals surface area contributed by atoms with Gasteiger partial charge in [-0.3, -0.25) is 9.48 Å². The Hall–Kier alpha value is -1.60. The zero-order valence-corrected chi connectivity index (χ0v) is 12.1. The van der Waals surface area contributed by atoms with Crippen LogP contribution < -0.4 is 0 Å². The lowest BCUT2D eigenvalue weighted by Gasteiger charge is -2.32. The van der Waals surface area contributed by atoms with Gasteiger partial charge < -0.3 is 14.7 Å².